The quantitative estimate of drug-likeness (QED) is 0.507. The molecule has 0 saturated carbocycles. The van der Waals surface area contributed by atoms with E-state index in [9.17, 15) is 13.2 Å². The summed E-state index contributed by atoms with van der Waals surface area (Å²) in [5, 5.41) is 4.04. The van der Waals surface area contributed by atoms with E-state index in [0.717, 1.165) is 11.1 Å². The lowest BCUT2D eigenvalue weighted by Gasteiger charge is -2.35. The number of hydrogen-bond acceptors (Lipinski definition) is 6. The Bertz CT molecular complexity index is 1220. The molecule has 1 saturated heterocycles. The molecule has 2 heterocycles. The average molecular weight is 483 g/mol. The number of aromatic nitrogens is 2. The Morgan fingerprint density at radius 3 is 2.53 bits per heavy atom. The maximum atomic E-state index is 13.5. The van der Waals surface area contributed by atoms with Crippen LogP contribution in [-0.2, 0) is 21.4 Å². The number of piperidine rings is 1. The molecule has 8 nitrogen and oxygen atoms in total. The molecule has 1 unspecified atom stereocenters. The molecule has 3 aromatic rings. The van der Waals surface area contributed by atoms with Crippen molar-refractivity contribution < 1.29 is 17.7 Å². The van der Waals surface area contributed by atoms with E-state index in [1.165, 1.54) is 4.31 Å². The molecule has 0 bridgehead atoms. The van der Waals surface area contributed by atoms with Crippen LogP contribution >= 0.6 is 0 Å². The van der Waals surface area contributed by atoms with Crippen LogP contribution in [0.3, 0.4) is 0 Å². The van der Waals surface area contributed by atoms with Crippen LogP contribution in [0.5, 0.6) is 0 Å². The van der Waals surface area contributed by atoms with Gasteiger partial charge in [0, 0.05) is 24.7 Å². The van der Waals surface area contributed by atoms with Gasteiger partial charge in [-0.15, -0.1) is 0 Å². The van der Waals surface area contributed by atoms with Gasteiger partial charge < -0.3 is 9.42 Å². The van der Waals surface area contributed by atoms with Crippen molar-refractivity contribution in [3.05, 3.63) is 66.1 Å². The Hall–Kier alpha value is -3.04. The lowest BCUT2D eigenvalue weighted by Crippen LogP contribution is -2.48. The molecular formula is C25H30N4O4S. The highest BCUT2D eigenvalue weighted by Gasteiger charge is 2.36. The molecule has 1 aromatic heterocycles. The topological polar surface area (TPSA) is 96.6 Å². The van der Waals surface area contributed by atoms with Crippen LogP contribution in [0.15, 0.2) is 64.0 Å². The fourth-order valence-electron chi connectivity index (χ4n) is 4.14. The van der Waals surface area contributed by atoms with Crippen LogP contribution in [0.1, 0.15) is 38.1 Å². The van der Waals surface area contributed by atoms with E-state index in [-0.39, 0.29) is 29.9 Å². The van der Waals surface area contributed by atoms with E-state index in [4.69, 9.17) is 4.52 Å². The molecule has 1 aliphatic rings. The summed E-state index contributed by atoms with van der Waals surface area (Å²) in [5.41, 5.74) is 1.83. The Morgan fingerprint density at radius 1 is 1.15 bits per heavy atom. The Labute approximate surface area is 200 Å². The molecule has 34 heavy (non-hydrogen) atoms. The first-order chi connectivity index (χ1) is 16.3. The van der Waals surface area contributed by atoms with Gasteiger partial charge in [0.25, 0.3) is 0 Å². The molecule has 1 atom stereocenters. The summed E-state index contributed by atoms with van der Waals surface area (Å²) in [6.07, 6.45) is 1.27. The van der Waals surface area contributed by atoms with Gasteiger partial charge in [-0.2, -0.15) is 9.29 Å². The van der Waals surface area contributed by atoms with E-state index in [1.807, 2.05) is 51.1 Å². The monoisotopic (exact) mass is 482 g/mol. The van der Waals surface area contributed by atoms with Crippen LogP contribution < -0.4 is 0 Å². The minimum atomic E-state index is -3.66. The molecule has 2 aromatic carbocycles. The molecule has 9 heteroatoms. The number of aryl methyl sites for hydroxylation is 1. The number of nitrogens with zero attached hydrogens (tertiary/aromatic N) is 4. The summed E-state index contributed by atoms with van der Waals surface area (Å²) in [6, 6.07) is 16.2. The molecule has 0 N–H and O–H groups in total. The minimum absolute atomic E-state index is 0.0988. The maximum absolute atomic E-state index is 13.5. The molecular weight excluding hydrogens is 452 g/mol. The van der Waals surface area contributed by atoms with E-state index >= 15 is 0 Å². The van der Waals surface area contributed by atoms with Gasteiger partial charge >= 0.3 is 0 Å². The molecule has 0 radical (unpaired) electrons. The second-order valence-corrected chi connectivity index (χ2v) is 10.9. The number of rotatable bonds is 7. The fourth-order valence-corrected chi connectivity index (χ4v) is 5.66. The van der Waals surface area contributed by atoms with Crippen molar-refractivity contribution in [3.8, 4) is 11.4 Å². The zero-order valence-corrected chi connectivity index (χ0v) is 20.5. The van der Waals surface area contributed by atoms with E-state index in [1.54, 1.807) is 29.2 Å². The Morgan fingerprint density at radius 2 is 1.85 bits per heavy atom. The van der Waals surface area contributed by atoms with Crippen LogP contribution in [-0.4, -0.2) is 52.8 Å². The molecule has 0 aliphatic carbocycles. The van der Waals surface area contributed by atoms with Crippen molar-refractivity contribution in [2.24, 2.45) is 5.92 Å². The normalized spacial score (nSPS) is 17.1. The molecule has 1 amide bonds. The van der Waals surface area contributed by atoms with E-state index in [2.05, 4.69) is 10.1 Å². The highest BCUT2D eigenvalue weighted by atomic mass is 32.2. The van der Waals surface area contributed by atoms with Crippen LogP contribution in [0.25, 0.3) is 11.4 Å². The summed E-state index contributed by atoms with van der Waals surface area (Å²) in [4.78, 5) is 19.9. The van der Waals surface area contributed by atoms with Crippen molar-refractivity contribution in [1.29, 1.82) is 0 Å². The second-order valence-electron chi connectivity index (χ2n) is 8.95. The Balaban J connectivity index is 1.48. The summed E-state index contributed by atoms with van der Waals surface area (Å²) in [5.74, 6) is 0.298. The number of sulfonamides is 1. The second kappa shape index (κ2) is 10.1. The largest absolute Gasteiger partial charge is 0.337 e. The number of hydrogen-bond donors (Lipinski definition) is 0. The lowest BCUT2D eigenvalue weighted by molar-refractivity contribution is -0.139. The maximum Gasteiger partial charge on any atom is 0.246 e. The predicted molar refractivity (Wildman–Crippen MR) is 128 cm³/mol. The highest BCUT2D eigenvalue weighted by Crippen LogP contribution is 2.26. The molecule has 4 rings (SSSR count). The van der Waals surface area contributed by atoms with Gasteiger partial charge in [-0.3, -0.25) is 4.79 Å². The van der Waals surface area contributed by atoms with Crippen molar-refractivity contribution >= 4 is 15.9 Å². The summed E-state index contributed by atoms with van der Waals surface area (Å²) in [7, 11) is -3.66. The number of amides is 1. The summed E-state index contributed by atoms with van der Waals surface area (Å²) < 4.78 is 33.2. The number of carbonyl (C=O) groups is 1. The fraction of sp³-hybridized carbons (Fsp3) is 0.400. The molecule has 1 fully saturated rings. The van der Waals surface area contributed by atoms with Gasteiger partial charge in [0.05, 0.1) is 10.8 Å². The minimum Gasteiger partial charge on any atom is -0.337 e. The third kappa shape index (κ3) is 5.20. The van der Waals surface area contributed by atoms with Crippen molar-refractivity contribution in [3.63, 3.8) is 0 Å². The van der Waals surface area contributed by atoms with Crippen LogP contribution in [0, 0.1) is 12.8 Å². The van der Waals surface area contributed by atoms with Crippen molar-refractivity contribution in [1.82, 2.24) is 19.3 Å². The predicted octanol–water partition coefficient (Wildman–Crippen LogP) is 3.88. The SMILES string of the molecule is Cc1ccc(S(=O)(=O)N2CCCC(C(=O)N(Cc3nc(-c4ccccc4)no3)C(C)C)C2)cc1. The number of benzene rings is 2. The smallest absolute Gasteiger partial charge is 0.246 e. The zero-order valence-electron chi connectivity index (χ0n) is 19.7. The van der Waals surface area contributed by atoms with Crippen molar-refractivity contribution in [2.45, 2.75) is 51.1 Å². The van der Waals surface area contributed by atoms with Gasteiger partial charge in [-0.25, -0.2) is 8.42 Å². The first kappa shape index (κ1) is 24.1. The Kier molecular flexibility index (Phi) is 7.13. The van der Waals surface area contributed by atoms with Crippen molar-refractivity contribution in [2.75, 3.05) is 13.1 Å². The lowest BCUT2D eigenvalue weighted by atomic mass is 9.97. The average Bonchev–Trinajstić information content (AvgIpc) is 3.32. The molecule has 1 aliphatic heterocycles. The standard InChI is InChI=1S/C25H30N4O4S/c1-18(2)29(17-23-26-24(27-33-23)20-8-5-4-6-9-20)25(30)21-10-7-15-28(16-21)34(31,32)22-13-11-19(3)12-14-22/h4-6,8-9,11-14,18,21H,7,10,15-17H2,1-3H3. The third-order valence-electron chi connectivity index (χ3n) is 6.10. The van der Waals surface area contributed by atoms with E-state index < -0.39 is 15.9 Å². The van der Waals surface area contributed by atoms with Gasteiger partial charge in [-0.05, 0) is 45.7 Å². The molecule has 180 valence electrons. The van der Waals surface area contributed by atoms with E-state index in [0.29, 0.717) is 31.1 Å². The number of carbonyl (C=O) groups excluding carboxylic acids is 1. The van der Waals surface area contributed by atoms with Crippen LogP contribution in [0.4, 0.5) is 0 Å². The summed E-state index contributed by atoms with van der Waals surface area (Å²) >= 11 is 0. The first-order valence-electron chi connectivity index (χ1n) is 11.5. The van der Waals surface area contributed by atoms with Gasteiger partial charge in [0.1, 0.15) is 6.54 Å². The van der Waals surface area contributed by atoms with Gasteiger partial charge in [0.2, 0.25) is 27.6 Å². The summed E-state index contributed by atoms with van der Waals surface area (Å²) in [6.45, 7) is 6.52. The van der Waals surface area contributed by atoms with Gasteiger partial charge in [-0.1, -0.05) is 53.2 Å². The highest BCUT2D eigenvalue weighted by molar-refractivity contribution is 7.89. The van der Waals surface area contributed by atoms with Crippen LogP contribution in [0.2, 0.25) is 0 Å². The van der Waals surface area contributed by atoms with Gasteiger partial charge in [0.15, 0.2) is 0 Å². The first-order valence-corrected chi connectivity index (χ1v) is 12.9. The molecule has 0 spiro atoms. The zero-order chi connectivity index (χ0) is 24.3. The third-order valence-corrected chi connectivity index (χ3v) is 7.98.